The fourth-order valence-electron chi connectivity index (χ4n) is 3.57. The number of rotatable bonds is 4. The van der Waals surface area contributed by atoms with Crippen LogP contribution in [0.1, 0.15) is 28.8 Å². The van der Waals surface area contributed by atoms with Crippen molar-refractivity contribution >= 4 is 29.3 Å². The molecular weight excluding hydrogens is 402 g/mol. The molecule has 1 aromatic heterocycles. The number of hydrogen-bond donors (Lipinski definition) is 1. The number of amides is 2. The maximum absolute atomic E-state index is 12.8. The van der Waals surface area contributed by atoms with Crippen LogP contribution in [0.4, 0.5) is 5.88 Å². The summed E-state index contributed by atoms with van der Waals surface area (Å²) in [5, 5.41) is 7.42. The summed E-state index contributed by atoms with van der Waals surface area (Å²) in [4.78, 5) is 27.2. The quantitative estimate of drug-likeness (QED) is 0.654. The molecule has 1 N–H and O–H groups in total. The molecule has 2 amide bonds. The first-order valence-electron chi connectivity index (χ1n) is 9.89. The highest BCUT2D eigenvalue weighted by Crippen LogP contribution is 2.24. The minimum Gasteiger partial charge on any atom is -0.338 e. The molecule has 0 saturated carbocycles. The Hall–Kier alpha value is -3.12. The number of halogens is 1. The third-order valence-corrected chi connectivity index (χ3v) is 5.53. The molecule has 4 rings (SSSR count). The topological polar surface area (TPSA) is 75.4 Å². The molecule has 2 aromatic carbocycles. The maximum Gasteiger partial charge on any atom is 0.253 e. The minimum absolute atomic E-state index is 0.0921. The molecule has 3 aromatic rings. The predicted octanol–water partition coefficient (Wildman–Crippen LogP) is 4.79. The molecule has 7 heteroatoms. The molecule has 0 spiro atoms. The summed E-state index contributed by atoms with van der Waals surface area (Å²) in [5.74, 6) is -0.264. The molecule has 0 bridgehead atoms. The zero-order valence-electron chi connectivity index (χ0n) is 16.6. The van der Waals surface area contributed by atoms with E-state index in [1.54, 1.807) is 35.2 Å². The molecule has 30 heavy (non-hydrogen) atoms. The smallest absolute Gasteiger partial charge is 0.253 e. The van der Waals surface area contributed by atoms with Gasteiger partial charge in [-0.1, -0.05) is 46.6 Å². The van der Waals surface area contributed by atoms with Crippen LogP contribution < -0.4 is 5.32 Å². The summed E-state index contributed by atoms with van der Waals surface area (Å²) in [5.41, 5.74) is 3.31. The third-order valence-electron chi connectivity index (χ3n) is 5.27. The van der Waals surface area contributed by atoms with Crippen LogP contribution in [0.25, 0.3) is 11.3 Å². The van der Waals surface area contributed by atoms with Crippen LogP contribution in [-0.2, 0) is 4.79 Å². The summed E-state index contributed by atoms with van der Waals surface area (Å²) >= 11 is 5.90. The summed E-state index contributed by atoms with van der Waals surface area (Å²) in [6, 6.07) is 16.4. The first kappa shape index (κ1) is 20.2. The van der Waals surface area contributed by atoms with Crippen molar-refractivity contribution in [3.63, 3.8) is 0 Å². The summed E-state index contributed by atoms with van der Waals surface area (Å²) in [6.07, 6.45) is 1.48. The van der Waals surface area contributed by atoms with E-state index < -0.39 is 0 Å². The fourth-order valence-corrected chi connectivity index (χ4v) is 3.69. The second-order valence-electron chi connectivity index (χ2n) is 7.53. The first-order valence-corrected chi connectivity index (χ1v) is 10.3. The van der Waals surface area contributed by atoms with Crippen molar-refractivity contribution in [2.75, 3.05) is 18.4 Å². The average molecular weight is 424 g/mol. The van der Waals surface area contributed by atoms with Gasteiger partial charge in [-0.05, 0) is 44.0 Å². The van der Waals surface area contributed by atoms with Gasteiger partial charge in [-0.15, -0.1) is 0 Å². The number of aryl methyl sites for hydroxylation is 1. The molecule has 0 radical (unpaired) electrons. The van der Waals surface area contributed by atoms with Crippen molar-refractivity contribution in [2.24, 2.45) is 5.92 Å². The van der Waals surface area contributed by atoms with E-state index in [1.807, 2.05) is 31.2 Å². The summed E-state index contributed by atoms with van der Waals surface area (Å²) in [7, 11) is 0. The SMILES string of the molecule is Cc1ccc(-c2cc(NC(=O)[C@H]3CCCN(C(=O)c4ccc(Cl)cc4)C3)on2)cc1. The van der Waals surface area contributed by atoms with E-state index in [0.29, 0.717) is 35.3 Å². The van der Waals surface area contributed by atoms with Gasteiger partial charge < -0.3 is 9.42 Å². The zero-order valence-corrected chi connectivity index (χ0v) is 17.4. The van der Waals surface area contributed by atoms with Gasteiger partial charge in [0.1, 0.15) is 5.69 Å². The van der Waals surface area contributed by atoms with Gasteiger partial charge in [0.2, 0.25) is 11.8 Å². The molecule has 1 saturated heterocycles. The molecule has 1 fully saturated rings. The number of anilines is 1. The largest absolute Gasteiger partial charge is 0.338 e. The fraction of sp³-hybridized carbons (Fsp3) is 0.261. The molecule has 0 aliphatic carbocycles. The van der Waals surface area contributed by atoms with Crippen LogP contribution in [0.3, 0.4) is 0 Å². The number of benzene rings is 2. The van der Waals surface area contributed by atoms with Gasteiger partial charge in [0.15, 0.2) is 0 Å². The van der Waals surface area contributed by atoms with Crippen molar-refractivity contribution < 1.29 is 14.1 Å². The van der Waals surface area contributed by atoms with Crippen molar-refractivity contribution in [3.8, 4) is 11.3 Å². The number of nitrogens with zero attached hydrogens (tertiary/aromatic N) is 2. The van der Waals surface area contributed by atoms with E-state index in [9.17, 15) is 9.59 Å². The summed E-state index contributed by atoms with van der Waals surface area (Å²) < 4.78 is 5.29. The lowest BCUT2D eigenvalue weighted by Crippen LogP contribution is -2.43. The number of aromatic nitrogens is 1. The molecule has 2 heterocycles. The highest BCUT2D eigenvalue weighted by molar-refractivity contribution is 6.30. The normalized spacial score (nSPS) is 16.3. The Morgan fingerprint density at radius 2 is 1.87 bits per heavy atom. The lowest BCUT2D eigenvalue weighted by Gasteiger charge is -2.32. The van der Waals surface area contributed by atoms with E-state index >= 15 is 0 Å². The number of carbonyl (C=O) groups is 2. The van der Waals surface area contributed by atoms with Gasteiger partial charge in [-0.2, -0.15) is 0 Å². The van der Waals surface area contributed by atoms with Gasteiger partial charge in [-0.25, -0.2) is 0 Å². The summed E-state index contributed by atoms with van der Waals surface area (Å²) in [6.45, 7) is 3.01. The Morgan fingerprint density at radius 3 is 2.60 bits per heavy atom. The number of nitrogens with one attached hydrogen (secondary N) is 1. The highest BCUT2D eigenvalue weighted by atomic mass is 35.5. The van der Waals surface area contributed by atoms with Crippen LogP contribution in [0, 0.1) is 12.8 Å². The Balaban J connectivity index is 1.39. The standard InChI is InChI=1S/C23H22ClN3O3/c1-15-4-6-16(7-5-15)20-13-21(30-26-20)25-22(28)18-3-2-12-27(14-18)23(29)17-8-10-19(24)11-9-17/h4-11,13,18H,2-3,12,14H2,1H3,(H,25,28)/t18-/m0/s1. The number of carbonyl (C=O) groups excluding carboxylic acids is 2. The second kappa shape index (κ2) is 8.71. The first-order chi connectivity index (χ1) is 14.5. The second-order valence-corrected chi connectivity index (χ2v) is 7.97. The van der Waals surface area contributed by atoms with Crippen LogP contribution in [0.5, 0.6) is 0 Å². The Morgan fingerprint density at radius 1 is 1.13 bits per heavy atom. The van der Waals surface area contributed by atoms with E-state index in [4.69, 9.17) is 16.1 Å². The molecule has 0 unspecified atom stereocenters. The molecule has 1 atom stereocenters. The molecule has 154 valence electrons. The number of hydrogen-bond acceptors (Lipinski definition) is 4. The molecule has 1 aliphatic heterocycles. The third kappa shape index (κ3) is 4.54. The Labute approximate surface area is 179 Å². The lowest BCUT2D eigenvalue weighted by atomic mass is 9.96. The van der Waals surface area contributed by atoms with Gasteiger partial charge in [-0.3, -0.25) is 14.9 Å². The van der Waals surface area contributed by atoms with E-state index in [0.717, 1.165) is 24.0 Å². The van der Waals surface area contributed by atoms with E-state index in [2.05, 4.69) is 10.5 Å². The zero-order chi connectivity index (χ0) is 21.1. The van der Waals surface area contributed by atoms with Gasteiger partial charge in [0.25, 0.3) is 5.91 Å². The molecular formula is C23H22ClN3O3. The van der Waals surface area contributed by atoms with E-state index in [-0.39, 0.29) is 17.7 Å². The van der Waals surface area contributed by atoms with Crippen LogP contribution >= 0.6 is 11.6 Å². The van der Waals surface area contributed by atoms with Crippen LogP contribution in [-0.4, -0.2) is 35.0 Å². The predicted molar refractivity (Wildman–Crippen MR) is 115 cm³/mol. The Bertz CT molecular complexity index is 1040. The van der Waals surface area contributed by atoms with Crippen molar-refractivity contribution in [3.05, 3.63) is 70.7 Å². The highest BCUT2D eigenvalue weighted by Gasteiger charge is 2.29. The molecule has 1 aliphatic rings. The van der Waals surface area contributed by atoms with Crippen LogP contribution in [0.15, 0.2) is 59.1 Å². The van der Waals surface area contributed by atoms with Gasteiger partial charge in [0.05, 0.1) is 5.92 Å². The minimum atomic E-state index is -0.303. The van der Waals surface area contributed by atoms with E-state index in [1.165, 1.54) is 0 Å². The Kier molecular flexibility index (Phi) is 5.86. The monoisotopic (exact) mass is 423 g/mol. The van der Waals surface area contributed by atoms with Crippen molar-refractivity contribution in [1.82, 2.24) is 10.1 Å². The maximum atomic E-state index is 12.8. The van der Waals surface area contributed by atoms with Gasteiger partial charge >= 0.3 is 0 Å². The molecule has 6 nitrogen and oxygen atoms in total. The number of piperidine rings is 1. The van der Waals surface area contributed by atoms with Crippen LogP contribution in [0.2, 0.25) is 5.02 Å². The van der Waals surface area contributed by atoms with Crippen molar-refractivity contribution in [2.45, 2.75) is 19.8 Å². The number of likely N-dealkylation sites (tertiary alicyclic amines) is 1. The average Bonchev–Trinajstić information content (AvgIpc) is 3.23. The van der Waals surface area contributed by atoms with Gasteiger partial charge in [0, 0.05) is 35.3 Å². The lowest BCUT2D eigenvalue weighted by molar-refractivity contribution is -0.121. The van der Waals surface area contributed by atoms with Crippen molar-refractivity contribution in [1.29, 1.82) is 0 Å².